The Balaban J connectivity index is 1.43. The lowest BCUT2D eigenvalue weighted by Gasteiger charge is -2.39. The first kappa shape index (κ1) is 36.2. The molecule has 4 N–H and O–H groups in total. The zero-order valence-corrected chi connectivity index (χ0v) is 28.2. The first-order chi connectivity index (χ1) is 21.2. The molecule has 10 unspecified atom stereocenters. The Kier molecular flexibility index (Phi) is 12.5. The number of nitrogens with zero attached hydrogens (tertiary/aromatic N) is 2. The van der Waals surface area contributed by atoms with Gasteiger partial charge in [0, 0.05) is 50.5 Å². The highest BCUT2D eigenvalue weighted by molar-refractivity contribution is 5.70. The largest absolute Gasteiger partial charge is 0.457 e. The van der Waals surface area contributed by atoms with Gasteiger partial charge in [0.05, 0.1) is 42.0 Å². The topological polar surface area (TPSA) is 135 Å². The zero-order valence-electron chi connectivity index (χ0n) is 28.2. The van der Waals surface area contributed by atoms with E-state index in [1.54, 1.807) is 26.0 Å². The maximum absolute atomic E-state index is 12.8. The predicted octanol–water partition coefficient (Wildman–Crippen LogP) is 3.28. The fourth-order valence-corrected chi connectivity index (χ4v) is 6.56. The van der Waals surface area contributed by atoms with E-state index in [1.807, 2.05) is 51.0 Å². The van der Waals surface area contributed by atoms with Crippen LogP contribution in [0.2, 0.25) is 0 Å². The summed E-state index contributed by atoms with van der Waals surface area (Å²) in [6.45, 7) is 14.6. The lowest BCUT2D eigenvalue weighted by Crippen LogP contribution is -2.51. The monoisotopic (exact) mass is 634 g/mol. The van der Waals surface area contributed by atoms with Gasteiger partial charge in [0.1, 0.15) is 12.2 Å². The molecule has 0 aromatic rings. The summed E-state index contributed by atoms with van der Waals surface area (Å²) in [4.78, 5) is 21.7. The van der Waals surface area contributed by atoms with Crippen molar-refractivity contribution in [2.75, 3.05) is 26.2 Å². The molecule has 4 rings (SSSR count). The molecular weight excluding hydrogens is 576 g/mol. The van der Waals surface area contributed by atoms with E-state index in [0.717, 1.165) is 31.8 Å². The number of aliphatic hydroxyl groups excluding tert-OH is 2. The van der Waals surface area contributed by atoms with Crippen LogP contribution in [-0.2, 0) is 19.1 Å². The second-order valence-corrected chi connectivity index (χ2v) is 14.4. The third kappa shape index (κ3) is 10.7. The number of hydrogen-bond donors (Lipinski definition) is 4. The van der Waals surface area contributed by atoms with Crippen molar-refractivity contribution in [1.29, 1.82) is 0 Å². The van der Waals surface area contributed by atoms with E-state index in [2.05, 4.69) is 4.90 Å². The van der Waals surface area contributed by atoms with Crippen LogP contribution in [0.15, 0.2) is 36.0 Å². The molecule has 0 amide bonds. The number of allylic oxidation sites excluding steroid dienone is 2. The van der Waals surface area contributed by atoms with Gasteiger partial charge in [-0.15, -0.1) is 0 Å². The summed E-state index contributed by atoms with van der Waals surface area (Å²) in [5.41, 5.74) is -1.59. The Morgan fingerprint density at radius 3 is 2.56 bits per heavy atom. The molecule has 10 heteroatoms. The zero-order chi connectivity index (χ0) is 32.9. The molecule has 10 nitrogen and oxygen atoms in total. The molecule has 1 aliphatic carbocycles. The first-order valence-corrected chi connectivity index (χ1v) is 17.0. The number of cyclic esters (lactones) is 1. The normalized spacial score (nSPS) is 38.1. The fraction of sp³-hybridized carbons (Fsp3) is 0.800. The number of carbonyl (C=O) groups is 1. The summed E-state index contributed by atoms with van der Waals surface area (Å²) in [7, 11) is 0. The SMILES string of the molecule is CCC(O)C(C)C1OC1CC(C)(O)/C=C/C=C(\C)C1OC(=O)CC(O)CCC(C)(O)C(ON2CCN(C3CC3)CC2)/C=C/C1C. The van der Waals surface area contributed by atoms with E-state index >= 15 is 0 Å². The summed E-state index contributed by atoms with van der Waals surface area (Å²) in [6, 6.07) is 0.713. The molecule has 2 saturated heterocycles. The van der Waals surface area contributed by atoms with Gasteiger partial charge >= 0.3 is 5.97 Å². The summed E-state index contributed by atoms with van der Waals surface area (Å²) < 4.78 is 11.7. The Bertz CT molecular complexity index is 1060. The highest BCUT2D eigenvalue weighted by Crippen LogP contribution is 2.37. The number of carbonyl (C=O) groups excluding carboxylic acids is 1. The first-order valence-electron chi connectivity index (χ1n) is 17.0. The molecule has 45 heavy (non-hydrogen) atoms. The number of hydroxylamine groups is 2. The number of esters is 1. The van der Waals surface area contributed by atoms with Gasteiger partial charge in [-0.1, -0.05) is 51.2 Å². The Morgan fingerprint density at radius 1 is 1.22 bits per heavy atom. The van der Waals surface area contributed by atoms with Crippen LogP contribution in [0.1, 0.15) is 86.5 Å². The van der Waals surface area contributed by atoms with Crippen LogP contribution in [0, 0.1) is 11.8 Å². The molecule has 3 fully saturated rings. The molecule has 4 aliphatic rings. The predicted molar refractivity (Wildman–Crippen MR) is 172 cm³/mol. The maximum atomic E-state index is 12.8. The second kappa shape index (κ2) is 15.5. The van der Waals surface area contributed by atoms with Crippen LogP contribution in [0.4, 0.5) is 0 Å². The van der Waals surface area contributed by atoms with Crippen molar-refractivity contribution in [2.45, 2.75) is 140 Å². The average molecular weight is 635 g/mol. The number of rotatable bonds is 11. The molecule has 0 aromatic heterocycles. The molecule has 10 atom stereocenters. The van der Waals surface area contributed by atoms with Crippen molar-refractivity contribution in [3.8, 4) is 0 Å². The van der Waals surface area contributed by atoms with Crippen molar-refractivity contribution in [3.63, 3.8) is 0 Å². The lowest BCUT2D eigenvalue weighted by atomic mass is 9.89. The number of hydrogen-bond acceptors (Lipinski definition) is 10. The number of ether oxygens (including phenoxy) is 2. The van der Waals surface area contributed by atoms with Crippen LogP contribution in [0.25, 0.3) is 0 Å². The molecule has 3 aliphatic heterocycles. The van der Waals surface area contributed by atoms with Gasteiger partial charge in [0.15, 0.2) is 0 Å². The van der Waals surface area contributed by atoms with E-state index < -0.39 is 41.6 Å². The fourth-order valence-electron chi connectivity index (χ4n) is 6.56. The summed E-state index contributed by atoms with van der Waals surface area (Å²) >= 11 is 0. The van der Waals surface area contributed by atoms with Gasteiger partial charge in [-0.2, -0.15) is 5.06 Å². The number of piperazine rings is 1. The van der Waals surface area contributed by atoms with Crippen molar-refractivity contribution in [3.05, 3.63) is 36.0 Å². The average Bonchev–Trinajstić information content (AvgIpc) is 3.92. The second-order valence-electron chi connectivity index (χ2n) is 14.4. The smallest absolute Gasteiger partial charge is 0.309 e. The number of aliphatic hydroxyl groups is 4. The minimum absolute atomic E-state index is 0.0111. The highest BCUT2D eigenvalue weighted by Gasteiger charge is 2.47. The van der Waals surface area contributed by atoms with Gasteiger partial charge in [-0.25, -0.2) is 0 Å². The molecule has 3 heterocycles. The van der Waals surface area contributed by atoms with Gasteiger partial charge in [0.2, 0.25) is 0 Å². The molecular formula is C35H58N2O8. The quantitative estimate of drug-likeness (QED) is 0.116. The molecule has 0 spiro atoms. The minimum atomic E-state index is -1.25. The van der Waals surface area contributed by atoms with E-state index in [-0.39, 0.29) is 43.3 Å². The van der Waals surface area contributed by atoms with Gasteiger partial charge in [-0.05, 0) is 58.4 Å². The molecule has 0 radical (unpaired) electrons. The van der Waals surface area contributed by atoms with Gasteiger partial charge in [-0.3, -0.25) is 14.5 Å². The van der Waals surface area contributed by atoms with Crippen LogP contribution >= 0.6 is 0 Å². The van der Waals surface area contributed by atoms with Gasteiger partial charge in [0.25, 0.3) is 0 Å². The Hall–Kier alpha value is -1.63. The van der Waals surface area contributed by atoms with E-state index in [4.69, 9.17) is 14.3 Å². The number of epoxide rings is 1. The highest BCUT2D eigenvalue weighted by atomic mass is 16.7. The van der Waals surface area contributed by atoms with E-state index in [1.165, 1.54) is 12.8 Å². The summed E-state index contributed by atoms with van der Waals surface area (Å²) in [6.07, 6.45) is 10.3. The maximum Gasteiger partial charge on any atom is 0.309 e. The standard InChI is InChI=1S/C35H58N2O8/c1-7-28(39)25(4)33-29(43-33)22-34(5,41)15-8-9-23(2)32-24(3)10-13-30(35(6,42)16-14-27(38)21-31(40)44-32)45-37-19-17-36(18-20-37)26-11-12-26/h8-10,13,15,24-30,32-33,38-39,41-42H,7,11-12,14,16-22H2,1-6H3/b13-10+,15-8+,23-9+. The van der Waals surface area contributed by atoms with Gasteiger partial charge < -0.3 is 29.9 Å². The molecule has 1 saturated carbocycles. The van der Waals surface area contributed by atoms with E-state index in [9.17, 15) is 25.2 Å². The van der Waals surface area contributed by atoms with Crippen molar-refractivity contribution in [1.82, 2.24) is 9.96 Å². The Morgan fingerprint density at radius 2 is 1.91 bits per heavy atom. The molecule has 0 bridgehead atoms. The van der Waals surface area contributed by atoms with Crippen LogP contribution in [0.3, 0.4) is 0 Å². The van der Waals surface area contributed by atoms with Crippen LogP contribution in [0.5, 0.6) is 0 Å². The third-order valence-corrected chi connectivity index (χ3v) is 9.97. The minimum Gasteiger partial charge on any atom is -0.457 e. The summed E-state index contributed by atoms with van der Waals surface area (Å²) in [5.74, 6) is -0.744. The van der Waals surface area contributed by atoms with Crippen molar-refractivity contribution in [2.24, 2.45) is 11.8 Å². The van der Waals surface area contributed by atoms with Crippen molar-refractivity contribution >= 4 is 5.97 Å². The van der Waals surface area contributed by atoms with Crippen LogP contribution in [-0.4, -0.2) is 116 Å². The Labute approximate surface area is 269 Å². The van der Waals surface area contributed by atoms with Crippen molar-refractivity contribution < 1.29 is 39.5 Å². The van der Waals surface area contributed by atoms with Crippen LogP contribution < -0.4 is 0 Å². The lowest BCUT2D eigenvalue weighted by molar-refractivity contribution is -0.240. The molecule has 0 aromatic carbocycles. The molecule has 256 valence electrons. The third-order valence-electron chi connectivity index (χ3n) is 9.97. The summed E-state index contributed by atoms with van der Waals surface area (Å²) in [5, 5.41) is 45.2. The van der Waals surface area contributed by atoms with E-state index in [0.29, 0.717) is 18.9 Å².